The summed E-state index contributed by atoms with van der Waals surface area (Å²) in [6.45, 7) is 4.24. The zero-order valence-electron chi connectivity index (χ0n) is 18.4. The predicted molar refractivity (Wildman–Crippen MR) is 122 cm³/mol. The van der Waals surface area contributed by atoms with Gasteiger partial charge in [-0.05, 0) is 75.6 Å². The molecule has 2 amide bonds. The van der Waals surface area contributed by atoms with E-state index in [-0.39, 0.29) is 30.0 Å². The Bertz CT molecular complexity index is 1130. The zero-order chi connectivity index (χ0) is 21.9. The Balaban J connectivity index is 1.41. The quantitative estimate of drug-likeness (QED) is 0.718. The van der Waals surface area contributed by atoms with Gasteiger partial charge in [0.15, 0.2) is 0 Å². The van der Waals surface area contributed by atoms with Crippen LogP contribution in [-0.2, 0) is 9.59 Å². The first kappa shape index (κ1) is 20.0. The summed E-state index contributed by atoms with van der Waals surface area (Å²) in [5.74, 6) is -0.625. The summed E-state index contributed by atoms with van der Waals surface area (Å²) in [5.41, 5.74) is 3.24. The van der Waals surface area contributed by atoms with Crippen molar-refractivity contribution in [2.24, 2.45) is 5.41 Å². The van der Waals surface area contributed by atoms with Crippen molar-refractivity contribution in [1.29, 1.82) is 0 Å². The predicted octanol–water partition coefficient (Wildman–Crippen LogP) is 2.09. The highest BCUT2D eigenvalue weighted by atomic mass is 16.2. The molecule has 4 fully saturated rings. The molecule has 1 aliphatic carbocycles. The molecule has 1 aromatic heterocycles. The second-order valence-electron chi connectivity index (χ2n) is 10.1. The number of imide groups is 1. The summed E-state index contributed by atoms with van der Waals surface area (Å²) in [6, 6.07) is 5.68. The number of nitrogens with zero attached hydrogens (tertiary/aromatic N) is 3. The number of benzene rings is 1. The molecule has 0 unspecified atom stereocenters. The maximum atomic E-state index is 13.6. The molecule has 6 rings (SSSR count). The monoisotopic (exact) mass is 437 g/mol. The number of hydrogen-bond acceptors (Lipinski definition) is 5. The number of aromatic nitrogens is 2. The number of carbonyl (C=O) groups excluding carboxylic acids is 2. The SMILES string of the molecule is O=C1CC[C@@H](n2c(=O)n(C3CC3)c3c(N4CCC5(CCNCC5)CC4)cccc32)C(=O)N1. The number of carbonyl (C=O) groups is 2. The summed E-state index contributed by atoms with van der Waals surface area (Å²) in [5, 5.41) is 5.91. The van der Waals surface area contributed by atoms with Crippen LogP contribution in [0, 0.1) is 5.41 Å². The van der Waals surface area contributed by atoms with Crippen LogP contribution in [0.1, 0.15) is 63.5 Å². The van der Waals surface area contributed by atoms with Crippen molar-refractivity contribution >= 4 is 28.5 Å². The molecule has 170 valence electrons. The van der Waals surface area contributed by atoms with Crippen molar-refractivity contribution in [3.8, 4) is 0 Å². The maximum absolute atomic E-state index is 13.6. The standard InChI is InChI=1S/C24H31N5O3/c30-20-7-6-19(22(31)26-20)29-18-3-1-2-17(21(18)28(23(29)32)16-4-5-16)27-14-10-24(11-15-27)8-12-25-13-9-24/h1-3,16,19,25H,4-15H2,(H,26,30,31)/t19-/m1/s1. The van der Waals surface area contributed by atoms with Crippen LogP contribution in [0.5, 0.6) is 0 Å². The molecule has 4 aliphatic rings. The van der Waals surface area contributed by atoms with Gasteiger partial charge in [0.2, 0.25) is 11.8 Å². The first-order chi connectivity index (χ1) is 15.6. The van der Waals surface area contributed by atoms with Crippen LogP contribution in [0.2, 0.25) is 0 Å². The number of imidazole rings is 1. The summed E-state index contributed by atoms with van der Waals surface area (Å²) >= 11 is 0. The molecule has 0 radical (unpaired) electrons. The molecule has 3 saturated heterocycles. The van der Waals surface area contributed by atoms with E-state index < -0.39 is 6.04 Å². The first-order valence-electron chi connectivity index (χ1n) is 12.1. The van der Waals surface area contributed by atoms with Crippen molar-refractivity contribution in [2.75, 3.05) is 31.1 Å². The van der Waals surface area contributed by atoms with E-state index >= 15 is 0 Å². The van der Waals surface area contributed by atoms with E-state index in [4.69, 9.17) is 0 Å². The molecule has 2 aromatic rings. The third-order valence-corrected chi connectivity index (χ3v) is 8.17. The van der Waals surface area contributed by atoms with Gasteiger partial charge in [0.1, 0.15) is 6.04 Å². The van der Waals surface area contributed by atoms with Gasteiger partial charge in [0.25, 0.3) is 0 Å². The van der Waals surface area contributed by atoms with Gasteiger partial charge in [-0.25, -0.2) is 4.79 Å². The van der Waals surface area contributed by atoms with Crippen LogP contribution in [0.3, 0.4) is 0 Å². The molecule has 4 heterocycles. The van der Waals surface area contributed by atoms with E-state index in [1.165, 1.54) is 25.7 Å². The second-order valence-corrected chi connectivity index (χ2v) is 10.1. The molecule has 1 saturated carbocycles. The Morgan fingerprint density at radius 2 is 1.66 bits per heavy atom. The molecular weight excluding hydrogens is 406 g/mol. The van der Waals surface area contributed by atoms with Gasteiger partial charge >= 0.3 is 5.69 Å². The van der Waals surface area contributed by atoms with E-state index in [2.05, 4.69) is 21.6 Å². The summed E-state index contributed by atoms with van der Waals surface area (Å²) < 4.78 is 3.58. The molecule has 1 atom stereocenters. The molecule has 8 heteroatoms. The Labute approximate surface area is 186 Å². The van der Waals surface area contributed by atoms with Gasteiger partial charge < -0.3 is 10.2 Å². The highest BCUT2D eigenvalue weighted by molar-refractivity contribution is 6.00. The van der Waals surface area contributed by atoms with E-state index in [9.17, 15) is 14.4 Å². The maximum Gasteiger partial charge on any atom is 0.330 e. The van der Waals surface area contributed by atoms with Crippen LogP contribution >= 0.6 is 0 Å². The Morgan fingerprint density at radius 3 is 2.34 bits per heavy atom. The van der Waals surface area contributed by atoms with Crippen molar-refractivity contribution < 1.29 is 9.59 Å². The molecule has 1 aromatic carbocycles. The van der Waals surface area contributed by atoms with Gasteiger partial charge in [-0.1, -0.05) is 6.07 Å². The lowest BCUT2D eigenvalue weighted by Gasteiger charge is -2.45. The molecule has 1 spiro atoms. The smallest absolute Gasteiger partial charge is 0.330 e. The normalized spacial score (nSPS) is 26.0. The fourth-order valence-electron chi connectivity index (χ4n) is 6.11. The van der Waals surface area contributed by atoms with Gasteiger partial charge in [0.05, 0.1) is 16.7 Å². The van der Waals surface area contributed by atoms with Crippen molar-refractivity contribution in [1.82, 2.24) is 19.8 Å². The fraction of sp³-hybridized carbons (Fsp3) is 0.625. The fourth-order valence-corrected chi connectivity index (χ4v) is 6.11. The van der Waals surface area contributed by atoms with Crippen LogP contribution in [0.4, 0.5) is 5.69 Å². The molecule has 8 nitrogen and oxygen atoms in total. The van der Waals surface area contributed by atoms with Crippen LogP contribution < -0.4 is 21.2 Å². The summed E-state index contributed by atoms with van der Waals surface area (Å²) in [4.78, 5) is 40.4. The number of piperidine rings is 3. The summed E-state index contributed by atoms with van der Waals surface area (Å²) in [6.07, 6.45) is 7.52. The van der Waals surface area contributed by atoms with Crippen LogP contribution in [0.25, 0.3) is 11.0 Å². The van der Waals surface area contributed by atoms with E-state index in [1.807, 2.05) is 16.7 Å². The first-order valence-corrected chi connectivity index (χ1v) is 12.1. The number of para-hydroxylation sites is 1. The third kappa shape index (κ3) is 3.18. The minimum Gasteiger partial charge on any atom is -0.370 e. The highest BCUT2D eigenvalue weighted by Gasteiger charge is 2.38. The van der Waals surface area contributed by atoms with Crippen LogP contribution in [0.15, 0.2) is 23.0 Å². The molecule has 0 bridgehead atoms. The number of hydrogen-bond donors (Lipinski definition) is 2. The minimum absolute atomic E-state index is 0.115. The van der Waals surface area contributed by atoms with Crippen molar-refractivity contribution in [3.05, 3.63) is 28.7 Å². The molecule has 3 aliphatic heterocycles. The minimum atomic E-state index is -0.627. The number of rotatable bonds is 3. The number of anilines is 1. The third-order valence-electron chi connectivity index (χ3n) is 8.17. The lowest BCUT2D eigenvalue weighted by molar-refractivity contribution is -0.135. The van der Waals surface area contributed by atoms with Gasteiger partial charge in [-0.15, -0.1) is 0 Å². The van der Waals surface area contributed by atoms with Gasteiger partial charge in [-0.2, -0.15) is 0 Å². The zero-order valence-corrected chi connectivity index (χ0v) is 18.4. The lowest BCUT2D eigenvalue weighted by atomic mass is 9.71. The van der Waals surface area contributed by atoms with E-state index in [0.717, 1.165) is 55.7 Å². The number of amides is 2. The largest absolute Gasteiger partial charge is 0.370 e. The second kappa shape index (κ2) is 7.47. The van der Waals surface area contributed by atoms with Gasteiger partial charge in [0, 0.05) is 25.6 Å². The topological polar surface area (TPSA) is 88.4 Å². The van der Waals surface area contributed by atoms with E-state index in [1.54, 1.807) is 4.57 Å². The molecular formula is C24H31N5O3. The highest BCUT2D eigenvalue weighted by Crippen LogP contribution is 2.43. The van der Waals surface area contributed by atoms with E-state index in [0.29, 0.717) is 11.8 Å². The van der Waals surface area contributed by atoms with Crippen molar-refractivity contribution in [2.45, 2.75) is 63.5 Å². The number of fused-ring (bicyclic) bond motifs is 1. The van der Waals surface area contributed by atoms with Crippen LogP contribution in [-0.4, -0.2) is 47.1 Å². The molecule has 2 N–H and O–H groups in total. The van der Waals surface area contributed by atoms with Gasteiger partial charge in [-0.3, -0.25) is 24.0 Å². The number of nitrogens with one attached hydrogen (secondary N) is 2. The molecule has 32 heavy (non-hydrogen) atoms. The average molecular weight is 438 g/mol. The Morgan fingerprint density at radius 1 is 0.906 bits per heavy atom. The Hall–Kier alpha value is -2.61. The Kier molecular flexibility index (Phi) is 4.68. The lowest BCUT2D eigenvalue weighted by Crippen LogP contribution is -2.45. The van der Waals surface area contributed by atoms with Crippen molar-refractivity contribution in [3.63, 3.8) is 0 Å². The summed E-state index contributed by atoms with van der Waals surface area (Å²) in [7, 11) is 0. The average Bonchev–Trinajstić information content (AvgIpc) is 3.58.